The monoisotopic (exact) mass is 387 g/mol. The molecule has 0 radical (unpaired) electrons. The summed E-state index contributed by atoms with van der Waals surface area (Å²) in [6.07, 6.45) is 0. The van der Waals surface area contributed by atoms with Crippen molar-refractivity contribution in [3.05, 3.63) is 53.6 Å². The van der Waals surface area contributed by atoms with E-state index < -0.39 is 19.1 Å². The third-order valence-electron chi connectivity index (χ3n) is 3.52. The zero-order chi connectivity index (χ0) is 20.0. The van der Waals surface area contributed by atoms with E-state index in [0.717, 1.165) is 0 Å². The fourth-order valence-electron chi connectivity index (χ4n) is 2.38. The van der Waals surface area contributed by atoms with Crippen LogP contribution in [-0.4, -0.2) is 38.2 Å². The molecule has 5 nitrogen and oxygen atoms in total. The van der Waals surface area contributed by atoms with Gasteiger partial charge in [0.25, 0.3) is 5.91 Å². The Kier molecular flexibility index (Phi) is 6.86. The summed E-state index contributed by atoms with van der Waals surface area (Å²) in [4.78, 5) is 13.8. The average Bonchev–Trinajstić information content (AvgIpc) is 2.61. The van der Waals surface area contributed by atoms with Crippen LogP contribution in [0.3, 0.4) is 0 Å². The molecular formula is C18H17F4NO4. The number of methoxy groups -OCH3 is 1. The van der Waals surface area contributed by atoms with Gasteiger partial charge in [-0.15, -0.1) is 0 Å². The zero-order valence-corrected chi connectivity index (χ0v) is 14.5. The molecule has 1 amide bonds. The number of rotatable bonds is 8. The highest BCUT2D eigenvalue weighted by atomic mass is 19.3. The van der Waals surface area contributed by atoms with Gasteiger partial charge in [0.15, 0.2) is 11.5 Å². The van der Waals surface area contributed by atoms with Gasteiger partial charge in [-0.25, -0.2) is 0 Å². The highest BCUT2D eigenvalue weighted by Crippen LogP contribution is 2.30. The fourth-order valence-corrected chi connectivity index (χ4v) is 2.38. The van der Waals surface area contributed by atoms with Crippen molar-refractivity contribution in [3.63, 3.8) is 0 Å². The van der Waals surface area contributed by atoms with Crippen molar-refractivity contribution in [3.8, 4) is 17.2 Å². The number of hydrogen-bond donors (Lipinski definition) is 0. The van der Waals surface area contributed by atoms with Crippen molar-refractivity contribution in [1.82, 2.24) is 4.90 Å². The molecule has 9 heteroatoms. The predicted octanol–water partition coefficient (Wildman–Crippen LogP) is 4.17. The minimum Gasteiger partial charge on any atom is -0.493 e. The smallest absolute Gasteiger partial charge is 0.387 e. The van der Waals surface area contributed by atoms with Crippen molar-refractivity contribution in [2.75, 3.05) is 14.2 Å². The van der Waals surface area contributed by atoms with Crippen molar-refractivity contribution in [1.29, 1.82) is 0 Å². The molecule has 0 atom stereocenters. The Balaban J connectivity index is 2.12. The highest BCUT2D eigenvalue weighted by Gasteiger charge is 2.16. The Labute approximate surface area is 153 Å². The summed E-state index contributed by atoms with van der Waals surface area (Å²) in [5, 5.41) is 0. The maximum atomic E-state index is 12.5. The van der Waals surface area contributed by atoms with Gasteiger partial charge in [0, 0.05) is 19.2 Å². The van der Waals surface area contributed by atoms with Crippen molar-refractivity contribution >= 4 is 5.91 Å². The SMILES string of the molecule is COc1cc(CN(C)C(=O)c2cccc(OC(F)F)c2)ccc1OC(F)F. The quantitative estimate of drug-likeness (QED) is 0.638. The molecule has 0 aliphatic heterocycles. The number of carbonyl (C=O) groups excluding carboxylic acids is 1. The van der Waals surface area contributed by atoms with Gasteiger partial charge < -0.3 is 19.1 Å². The van der Waals surface area contributed by atoms with Crippen LogP contribution in [-0.2, 0) is 6.54 Å². The van der Waals surface area contributed by atoms with E-state index >= 15 is 0 Å². The summed E-state index contributed by atoms with van der Waals surface area (Å²) in [6, 6.07) is 9.73. The van der Waals surface area contributed by atoms with Gasteiger partial charge >= 0.3 is 13.2 Å². The molecule has 0 aliphatic carbocycles. The third-order valence-corrected chi connectivity index (χ3v) is 3.52. The Morgan fingerprint density at radius 1 is 1.00 bits per heavy atom. The number of hydrogen-bond acceptors (Lipinski definition) is 4. The number of benzene rings is 2. The second-order valence-corrected chi connectivity index (χ2v) is 5.43. The second kappa shape index (κ2) is 9.11. The molecule has 146 valence electrons. The molecule has 0 aliphatic rings. The van der Waals surface area contributed by atoms with Crippen LogP contribution in [0.1, 0.15) is 15.9 Å². The van der Waals surface area contributed by atoms with E-state index in [1.165, 1.54) is 61.5 Å². The van der Waals surface area contributed by atoms with Gasteiger partial charge in [-0.05, 0) is 35.9 Å². The Morgan fingerprint density at radius 2 is 1.70 bits per heavy atom. The molecule has 2 rings (SSSR count). The van der Waals surface area contributed by atoms with Crippen LogP contribution in [0.15, 0.2) is 42.5 Å². The summed E-state index contributed by atoms with van der Waals surface area (Å²) >= 11 is 0. The lowest BCUT2D eigenvalue weighted by atomic mass is 10.1. The summed E-state index contributed by atoms with van der Waals surface area (Å²) < 4.78 is 63.0. The minimum absolute atomic E-state index is 0.0981. The molecule has 0 spiro atoms. The van der Waals surface area contributed by atoms with E-state index in [-0.39, 0.29) is 29.4 Å². The Hall–Kier alpha value is -2.97. The third kappa shape index (κ3) is 5.77. The van der Waals surface area contributed by atoms with Crippen LogP contribution >= 0.6 is 0 Å². The van der Waals surface area contributed by atoms with Gasteiger partial charge in [-0.3, -0.25) is 4.79 Å². The van der Waals surface area contributed by atoms with E-state index in [4.69, 9.17) is 4.74 Å². The molecular weight excluding hydrogens is 370 g/mol. The Bertz CT molecular complexity index is 786. The van der Waals surface area contributed by atoms with E-state index in [9.17, 15) is 22.4 Å². The molecule has 0 aromatic heterocycles. The largest absolute Gasteiger partial charge is 0.493 e. The van der Waals surface area contributed by atoms with E-state index in [0.29, 0.717) is 5.56 Å². The standard InChI is InChI=1S/C18H17F4NO4/c1-23(16(24)12-4-3-5-13(9-12)26-17(19)20)10-11-6-7-14(27-18(21)22)15(8-11)25-2/h3-9,17-18H,10H2,1-2H3. The number of amides is 1. The summed E-state index contributed by atoms with van der Waals surface area (Å²) in [5.41, 5.74) is 0.768. The maximum absolute atomic E-state index is 12.5. The summed E-state index contributed by atoms with van der Waals surface area (Å²) in [5.74, 6) is -0.580. The lowest BCUT2D eigenvalue weighted by Crippen LogP contribution is -2.26. The molecule has 0 heterocycles. The van der Waals surface area contributed by atoms with E-state index in [1.807, 2.05) is 0 Å². The topological polar surface area (TPSA) is 48.0 Å². The summed E-state index contributed by atoms with van der Waals surface area (Å²) in [7, 11) is 2.82. The number of nitrogens with zero attached hydrogens (tertiary/aromatic N) is 1. The number of halogens is 4. The van der Waals surface area contributed by atoms with Gasteiger partial charge in [-0.2, -0.15) is 17.6 Å². The number of ether oxygens (including phenoxy) is 3. The van der Waals surface area contributed by atoms with Crippen LogP contribution in [0.4, 0.5) is 17.6 Å². The van der Waals surface area contributed by atoms with E-state index in [1.54, 1.807) is 0 Å². The average molecular weight is 387 g/mol. The van der Waals surface area contributed by atoms with Crippen molar-refractivity contribution in [2.45, 2.75) is 19.8 Å². The zero-order valence-electron chi connectivity index (χ0n) is 14.5. The van der Waals surface area contributed by atoms with Crippen molar-refractivity contribution in [2.24, 2.45) is 0 Å². The van der Waals surface area contributed by atoms with Crippen LogP contribution in [0.5, 0.6) is 17.2 Å². The molecule has 0 saturated heterocycles. The molecule has 0 fully saturated rings. The van der Waals surface area contributed by atoms with Crippen LogP contribution in [0, 0.1) is 0 Å². The fraction of sp³-hybridized carbons (Fsp3) is 0.278. The highest BCUT2D eigenvalue weighted by molar-refractivity contribution is 5.94. The Morgan fingerprint density at radius 3 is 2.33 bits per heavy atom. The number of carbonyl (C=O) groups is 1. The first-order valence-electron chi connectivity index (χ1n) is 7.72. The molecule has 0 N–H and O–H groups in total. The molecule has 0 bridgehead atoms. The van der Waals surface area contributed by atoms with Gasteiger partial charge in [0.2, 0.25) is 0 Å². The molecule has 2 aromatic carbocycles. The van der Waals surface area contributed by atoms with Crippen LogP contribution in [0.2, 0.25) is 0 Å². The van der Waals surface area contributed by atoms with Crippen LogP contribution in [0.25, 0.3) is 0 Å². The van der Waals surface area contributed by atoms with E-state index in [2.05, 4.69) is 9.47 Å². The molecule has 2 aromatic rings. The first-order chi connectivity index (χ1) is 12.8. The first-order valence-corrected chi connectivity index (χ1v) is 7.72. The van der Waals surface area contributed by atoms with Crippen molar-refractivity contribution < 1.29 is 36.6 Å². The maximum Gasteiger partial charge on any atom is 0.387 e. The number of alkyl halides is 4. The molecule has 27 heavy (non-hydrogen) atoms. The van der Waals surface area contributed by atoms with Gasteiger partial charge in [0.1, 0.15) is 5.75 Å². The summed E-state index contributed by atoms with van der Waals surface area (Å²) in [6.45, 7) is -5.85. The molecule has 0 saturated carbocycles. The predicted molar refractivity (Wildman–Crippen MR) is 88.5 cm³/mol. The lowest BCUT2D eigenvalue weighted by Gasteiger charge is -2.19. The normalized spacial score (nSPS) is 10.8. The second-order valence-electron chi connectivity index (χ2n) is 5.43. The van der Waals surface area contributed by atoms with Gasteiger partial charge in [-0.1, -0.05) is 12.1 Å². The molecule has 0 unspecified atom stereocenters. The van der Waals surface area contributed by atoms with Gasteiger partial charge in [0.05, 0.1) is 7.11 Å². The first kappa shape index (κ1) is 20.3. The van der Waals surface area contributed by atoms with Crippen LogP contribution < -0.4 is 14.2 Å². The lowest BCUT2D eigenvalue weighted by molar-refractivity contribution is -0.0515. The minimum atomic E-state index is -2.99.